The van der Waals surface area contributed by atoms with E-state index in [2.05, 4.69) is 34.1 Å². The van der Waals surface area contributed by atoms with E-state index in [0.717, 1.165) is 36.4 Å². The van der Waals surface area contributed by atoms with Crippen LogP contribution < -0.4 is 10.9 Å². The van der Waals surface area contributed by atoms with Crippen molar-refractivity contribution >= 4 is 17.3 Å². The quantitative estimate of drug-likeness (QED) is 0.736. The van der Waals surface area contributed by atoms with Crippen LogP contribution >= 0.6 is 11.6 Å². The number of nitrogens with zero attached hydrogens (tertiary/aromatic N) is 4. The summed E-state index contributed by atoms with van der Waals surface area (Å²) in [5, 5.41) is 6.93. The molecule has 0 saturated carbocycles. The smallest absolute Gasteiger partial charge is 0.380 e. The van der Waals surface area contributed by atoms with E-state index in [1.165, 1.54) is 6.20 Å². The highest BCUT2D eigenvalue weighted by Crippen LogP contribution is 2.28. The number of halogens is 4. The summed E-state index contributed by atoms with van der Waals surface area (Å²) in [5.41, 5.74) is -1.27. The highest BCUT2D eigenvalue weighted by molar-refractivity contribution is 6.32. The number of ether oxygens (including phenoxy) is 1. The lowest BCUT2D eigenvalue weighted by Gasteiger charge is -2.34. The largest absolute Gasteiger partial charge is 0.417 e. The second kappa shape index (κ2) is 9.32. The van der Waals surface area contributed by atoms with Gasteiger partial charge in [0.2, 0.25) is 0 Å². The molecule has 1 saturated heterocycles. The molecule has 1 unspecified atom stereocenters. The minimum absolute atomic E-state index is 0.0543. The Hall–Kier alpha value is -2.17. The van der Waals surface area contributed by atoms with Gasteiger partial charge < -0.3 is 10.1 Å². The maximum atomic E-state index is 12.7. The molecule has 0 amide bonds. The number of rotatable bonds is 6. The zero-order valence-corrected chi connectivity index (χ0v) is 17.4. The summed E-state index contributed by atoms with van der Waals surface area (Å²) < 4.78 is 44.6. The van der Waals surface area contributed by atoms with E-state index in [4.69, 9.17) is 16.3 Å². The van der Waals surface area contributed by atoms with Crippen molar-refractivity contribution < 1.29 is 17.9 Å². The maximum Gasteiger partial charge on any atom is 0.417 e. The Kier molecular flexibility index (Phi) is 6.99. The van der Waals surface area contributed by atoms with Crippen LogP contribution in [0.25, 0.3) is 5.82 Å². The van der Waals surface area contributed by atoms with Gasteiger partial charge in [-0.15, -0.1) is 0 Å². The molecule has 1 fully saturated rings. The van der Waals surface area contributed by atoms with Gasteiger partial charge in [-0.1, -0.05) is 25.4 Å². The Morgan fingerprint density at radius 3 is 2.73 bits per heavy atom. The molecule has 7 nitrogen and oxygen atoms in total. The van der Waals surface area contributed by atoms with Crippen LogP contribution in [0, 0.1) is 5.92 Å². The molecular weight excluding hydrogens is 423 g/mol. The molecule has 0 aromatic carbocycles. The first-order valence-electron chi connectivity index (χ1n) is 9.54. The van der Waals surface area contributed by atoms with Crippen LogP contribution in [0.1, 0.15) is 19.4 Å². The predicted octanol–water partition coefficient (Wildman–Crippen LogP) is 3.07. The lowest BCUT2D eigenvalue weighted by Crippen LogP contribution is -2.46. The lowest BCUT2D eigenvalue weighted by molar-refractivity contribution is -0.137. The Labute approximate surface area is 176 Å². The average Bonchev–Trinajstić information content (AvgIpc) is 2.68. The van der Waals surface area contributed by atoms with Gasteiger partial charge in [0.1, 0.15) is 5.02 Å². The standard InChI is InChI=1S/C19H23ClF3N5O2/c1-12(2)10-27-5-6-30-14(11-27)8-24-15-9-26-28(18(29)17(15)20)16-4-3-13(7-25-16)19(21,22)23/h3-4,7,9,12,14,24H,5-6,8,10-11H2,1-2H3. The lowest BCUT2D eigenvalue weighted by atomic mass is 10.2. The summed E-state index contributed by atoms with van der Waals surface area (Å²) in [5.74, 6) is 0.503. The van der Waals surface area contributed by atoms with E-state index in [9.17, 15) is 18.0 Å². The summed E-state index contributed by atoms with van der Waals surface area (Å²) in [7, 11) is 0. The summed E-state index contributed by atoms with van der Waals surface area (Å²) >= 11 is 6.17. The molecule has 164 valence electrons. The molecule has 0 spiro atoms. The van der Waals surface area contributed by atoms with Gasteiger partial charge in [0, 0.05) is 32.4 Å². The van der Waals surface area contributed by atoms with Crippen molar-refractivity contribution in [3.8, 4) is 5.82 Å². The molecule has 0 radical (unpaired) electrons. The molecule has 1 N–H and O–H groups in total. The summed E-state index contributed by atoms with van der Waals surface area (Å²) in [6, 6.07) is 1.90. The van der Waals surface area contributed by atoms with Crippen molar-refractivity contribution in [2.45, 2.75) is 26.1 Å². The van der Waals surface area contributed by atoms with Crippen LogP contribution in [0.2, 0.25) is 5.02 Å². The van der Waals surface area contributed by atoms with E-state index >= 15 is 0 Å². The Morgan fingerprint density at radius 1 is 1.33 bits per heavy atom. The first-order chi connectivity index (χ1) is 14.1. The fraction of sp³-hybridized carbons (Fsp3) is 0.526. The minimum Gasteiger partial charge on any atom is -0.380 e. The fourth-order valence-electron chi connectivity index (χ4n) is 3.21. The van der Waals surface area contributed by atoms with Crippen LogP contribution in [0.15, 0.2) is 29.3 Å². The molecule has 1 aliphatic rings. The molecule has 3 rings (SSSR count). The maximum absolute atomic E-state index is 12.7. The van der Waals surface area contributed by atoms with Crippen molar-refractivity contribution in [3.63, 3.8) is 0 Å². The Morgan fingerprint density at radius 2 is 2.10 bits per heavy atom. The predicted molar refractivity (Wildman–Crippen MR) is 107 cm³/mol. The van der Waals surface area contributed by atoms with E-state index in [1.54, 1.807) is 0 Å². The van der Waals surface area contributed by atoms with Crippen LogP contribution in [0.4, 0.5) is 18.9 Å². The monoisotopic (exact) mass is 445 g/mol. The third kappa shape index (κ3) is 5.50. The first-order valence-corrected chi connectivity index (χ1v) is 9.92. The fourth-order valence-corrected chi connectivity index (χ4v) is 3.40. The minimum atomic E-state index is -4.51. The van der Waals surface area contributed by atoms with Crippen molar-refractivity contribution in [1.29, 1.82) is 0 Å². The second-order valence-electron chi connectivity index (χ2n) is 7.52. The number of morpholine rings is 1. The number of hydrogen-bond acceptors (Lipinski definition) is 6. The number of aromatic nitrogens is 3. The zero-order valence-electron chi connectivity index (χ0n) is 16.6. The van der Waals surface area contributed by atoms with Gasteiger partial charge in [-0.2, -0.15) is 23.0 Å². The average molecular weight is 446 g/mol. The highest BCUT2D eigenvalue weighted by Gasteiger charge is 2.31. The van der Waals surface area contributed by atoms with Gasteiger partial charge in [0.25, 0.3) is 5.56 Å². The first kappa shape index (κ1) is 22.5. The normalized spacial score (nSPS) is 18.0. The van der Waals surface area contributed by atoms with Gasteiger partial charge >= 0.3 is 6.18 Å². The van der Waals surface area contributed by atoms with Crippen LogP contribution in [0.3, 0.4) is 0 Å². The summed E-state index contributed by atoms with van der Waals surface area (Å²) in [6.45, 7) is 8.03. The number of pyridine rings is 1. The second-order valence-corrected chi connectivity index (χ2v) is 7.90. The number of nitrogens with one attached hydrogen (secondary N) is 1. The van der Waals surface area contributed by atoms with E-state index in [-0.39, 0.29) is 16.9 Å². The molecule has 0 bridgehead atoms. The highest BCUT2D eigenvalue weighted by atomic mass is 35.5. The number of hydrogen-bond donors (Lipinski definition) is 1. The van der Waals surface area contributed by atoms with Crippen LogP contribution in [-0.4, -0.2) is 58.6 Å². The van der Waals surface area contributed by atoms with Crippen molar-refractivity contribution in [2.75, 3.05) is 38.1 Å². The van der Waals surface area contributed by atoms with Crippen molar-refractivity contribution in [3.05, 3.63) is 45.5 Å². The molecule has 1 aliphatic heterocycles. The van der Waals surface area contributed by atoms with E-state index in [1.807, 2.05) is 0 Å². The summed E-state index contributed by atoms with van der Waals surface area (Å²) in [6.07, 6.45) is -2.58. The van der Waals surface area contributed by atoms with Gasteiger partial charge in [0.05, 0.1) is 30.2 Å². The molecule has 3 heterocycles. The summed E-state index contributed by atoms with van der Waals surface area (Å²) in [4.78, 5) is 18.5. The molecule has 2 aromatic rings. The number of alkyl halides is 3. The van der Waals surface area contributed by atoms with Gasteiger partial charge in [0.15, 0.2) is 5.82 Å². The SMILES string of the molecule is CC(C)CN1CCOC(CNc2cnn(-c3ccc(C(F)(F)F)cn3)c(=O)c2Cl)C1. The van der Waals surface area contributed by atoms with Crippen LogP contribution in [-0.2, 0) is 10.9 Å². The van der Waals surface area contributed by atoms with Gasteiger partial charge in [-0.25, -0.2) is 4.98 Å². The van der Waals surface area contributed by atoms with Crippen molar-refractivity contribution in [1.82, 2.24) is 19.7 Å². The Bertz CT molecular complexity index is 918. The third-order valence-corrected chi connectivity index (χ3v) is 4.94. The molecule has 1 atom stereocenters. The molecular formula is C19H23ClF3N5O2. The topological polar surface area (TPSA) is 72.3 Å². The third-order valence-electron chi connectivity index (χ3n) is 4.58. The molecule has 11 heteroatoms. The van der Waals surface area contributed by atoms with E-state index in [0.29, 0.717) is 31.0 Å². The van der Waals surface area contributed by atoms with Crippen LogP contribution in [0.5, 0.6) is 0 Å². The molecule has 0 aliphatic carbocycles. The molecule has 2 aromatic heterocycles. The van der Waals surface area contributed by atoms with Gasteiger partial charge in [-0.3, -0.25) is 9.69 Å². The molecule has 30 heavy (non-hydrogen) atoms. The van der Waals surface area contributed by atoms with Gasteiger partial charge in [-0.05, 0) is 18.1 Å². The zero-order chi connectivity index (χ0) is 21.9. The number of anilines is 1. The van der Waals surface area contributed by atoms with Crippen molar-refractivity contribution in [2.24, 2.45) is 5.92 Å². The van der Waals surface area contributed by atoms with E-state index < -0.39 is 17.3 Å². The Balaban J connectivity index is 1.68.